The summed E-state index contributed by atoms with van der Waals surface area (Å²) in [5.41, 5.74) is 0.978. The van der Waals surface area contributed by atoms with Crippen LogP contribution in [-0.2, 0) is 9.53 Å². The molecule has 2 rings (SSSR count). The van der Waals surface area contributed by atoms with Crippen LogP contribution in [-0.4, -0.2) is 18.7 Å². The van der Waals surface area contributed by atoms with E-state index in [1.165, 1.54) is 0 Å². The molecule has 1 atom stereocenters. The molecule has 19 heavy (non-hydrogen) atoms. The molecule has 0 spiro atoms. The fourth-order valence-electron chi connectivity index (χ4n) is 2.18. The van der Waals surface area contributed by atoms with Crippen LogP contribution in [0, 0.1) is 5.92 Å². The fourth-order valence-corrected chi connectivity index (χ4v) is 2.18. The number of esters is 1. The molecule has 0 heterocycles. The lowest BCUT2D eigenvalue weighted by molar-refractivity contribution is -0.146. The average molecular weight is 262 g/mol. The molecule has 1 aliphatic rings. The van der Waals surface area contributed by atoms with Gasteiger partial charge in [-0.1, -0.05) is 26.0 Å². The highest BCUT2D eigenvalue weighted by molar-refractivity contribution is 5.78. The summed E-state index contributed by atoms with van der Waals surface area (Å²) in [6.45, 7) is 6.33. The molecule has 1 aromatic rings. The number of carbonyl (C=O) groups excluding carboxylic acids is 1. The van der Waals surface area contributed by atoms with Crippen molar-refractivity contribution in [1.29, 1.82) is 0 Å². The van der Waals surface area contributed by atoms with Crippen LogP contribution in [0.4, 0.5) is 0 Å². The van der Waals surface area contributed by atoms with Gasteiger partial charge in [-0.25, -0.2) is 0 Å². The zero-order valence-electron chi connectivity index (χ0n) is 11.9. The first-order valence-electron chi connectivity index (χ1n) is 7.05. The molecule has 0 amide bonds. The molecule has 1 fully saturated rings. The van der Waals surface area contributed by atoms with Crippen LogP contribution in [0.25, 0.3) is 0 Å². The third-order valence-corrected chi connectivity index (χ3v) is 3.25. The van der Waals surface area contributed by atoms with Crippen molar-refractivity contribution >= 4 is 5.97 Å². The van der Waals surface area contributed by atoms with E-state index >= 15 is 0 Å². The van der Waals surface area contributed by atoms with Crippen LogP contribution >= 0.6 is 0 Å². The highest BCUT2D eigenvalue weighted by Gasteiger charge is 2.27. The maximum atomic E-state index is 12.1. The Morgan fingerprint density at radius 2 is 2.11 bits per heavy atom. The van der Waals surface area contributed by atoms with E-state index in [1.807, 2.05) is 45.0 Å². The second-order valence-corrected chi connectivity index (χ2v) is 5.36. The van der Waals surface area contributed by atoms with Crippen LogP contribution in [0.2, 0.25) is 0 Å². The van der Waals surface area contributed by atoms with E-state index in [2.05, 4.69) is 0 Å². The molecule has 1 unspecified atom stereocenters. The molecule has 0 aromatic heterocycles. The largest absolute Gasteiger partial charge is 0.490 e. The Hall–Kier alpha value is -1.51. The van der Waals surface area contributed by atoms with Gasteiger partial charge in [0.15, 0.2) is 0 Å². The van der Waals surface area contributed by atoms with Crippen molar-refractivity contribution in [2.24, 2.45) is 5.92 Å². The summed E-state index contributed by atoms with van der Waals surface area (Å²) in [6.07, 6.45) is 2.64. The van der Waals surface area contributed by atoms with Gasteiger partial charge in [-0.15, -0.1) is 0 Å². The summed E-state index contributed by atoms with van der Waals surface area (Å²) >= 11 is 0. The molecule has 1 saturated carbocycles. The van der Waals surface area contributed by atoms with Crippen molar-refractivity contribution in [1.82, 2.24) is 0 Å². The van der Waals surface area contributed by atoms with Gasteiger partial charge in [-0.2, -0.15) is 0 Å². The molecule has 1 aliphatic carbocycles. The number of hydrogen-bond donors (Lipinski definition) is 0. The fraction of sp³-hybridized carbons (Fsp3) is 0.562. The van der Waals surface area contributed by atoms with Crippen LogP contribution in [0.15, 0.2) is 24.3 Å². The van der Waals surface area contributed by atoms with Crippen LogP contribution in [0.3, 0.4) is 0 Å². The molecule has 0 bridgehead atoms. The first kappa shape index (κ1) is 13.9. The molecule has 3 nitrogen and oxygen atoms in total. The van der Waals surface area contributed by atoms with Gasteiger partial charge in [0.2, 0.25) is 0 Å². The highest BCUT2D eigenvalue weighted by Crippen LogP contribution is 2.31. The lowest BCUT2D eigenvalue weighted by atomic mass is 9.88. The second kappa shape index (κ2) is 6.09. The number of benzene rings is 1. The topological polar surface area (TPSA) is 35.5 Å². The number of rotatable bonds is 6. The molecule has 3 heteroatoms. The summed E-state index contributed by atoms with van der Waals surface area (Å²) in [7, 11) is 0. The third-order valence-electron chi connectivity index (χ3n) is 3.25. The van der Waals surface area contributed by atoms with E-state index in [1.54, 1.807) is 0 Å². The second-order valence-electron chi connectivity index (χ2n) is 5.36. The Kier molecular flexibility index (Phi) is 4.46. The van der Waals surface area contributed by atoms with Crippen molar-refractivity contribution in [3.05, 3.63) is 29.8 Å². The maximum absolute atomic E-state index is 12.1. The quantitative estimate of drug-likeness (QED) is 0.736. The SMILES string of the molecule is CCOC(=O)C(c1cccc(OC2CC2)c1)C(C)C. The number of ether oxygens (including phenoxy) is 2. The molecule has 0 saturated heterocycles. The van der Waals surface area contributed by atoms with Gasteiger partial charge in [0, 0.05) is 0 Å². The van der Waals surface area contributed by atoms with Gasteiger partial charge in [-0.3, -0.25) is 4.79 Å². The Morgan fingerprint density at radius 3 is 2.68 bits per heavy atom. The van der Waals surface area contributed by atoms with Gasteiger partial charge < -0.3 is 9.47 Å². The minimum atomic E-state index is -0.220. The Labute approximate surface area is 114 Å². The number of carbonyl (C=O) groups is 1. The van der Waals surface area contributed by atoms with Crippen molar-refractivity contribution in [3.63, 3.8) is 0 Å². The molecule has 0 aliphatic heterocycles. The first-order chi connectivity index (χ1) is 9.11. The van der Waals surface area contributed by atoms with Gasteiger partial charge in [-0.05, 0) is 43.4 Å². The van der Waals surface area contributed by atoms with Crippen LogP contribution in [0.5, 0.6) is 5.75 Å². The van der Waals surface area contributed by atoms with Gasteiger partial charge in [0.05, 0.1) is 18.6 Å². The summed E-state index contributed by atoms with van der Waals surface area (Å²) in [5.74, 6) is 0.689. The van der Waals surface area contributed by atoms with Gasteiger partial charge in [0.25, 0.3) is 0 Å². The lowest BCUT2D eigenvalue weighted by Crippen LogP contribution is -2.21. The maximum Gasteiger partial charge on any atom is 0.313 e. The zero-order chi connectivity index (χ0) is 13.8. The van der Waals surface area contributed by atoms with Crippen LogP contribution in [0.1, 0.15) is 45.1 Å². The molecule has 104 valence electrons. The number of hydrogen-bond acceptors (Lipinski definition) is 3. The Balaban J connectivity index is 2.17. The minimum absolute atomic E-state index is 0.152. The summed E-state index contributed by atoms with van der Waals surface area (Å²) in [5, 5.41) is 0. The molecule has 0 N–H and O–H groups in total. The molecular weight excluding hydrogens is 240 g/mol. The zero-order valence-corrected chi connectivity index (χ0v) is 11.9. The van der Waals surface area contributed by atoms with Gasteiger partial charge >= 0.3 is 5.97 Å². The van der Waals surface area contributed by atoms with Crippen LogP contribution < -0.4 is 4.74 Å². The van der Waals surface area contributed by atoms with E-state index in [0.717, 1.165) is 24.2 Å². The van der Waals surface area contributed by atoms with Crippen molar-refractivity contribution in [2.75, 3.05) is 6.61 Å². The van der Waals surface area contributed by atoms with Crippen molar-refractivity contribution in [3.8, 4) is 5.75 Å². The molecular formula is C16H22O3. The Morgan fingerprint density at radius 1 is 1.37 bits per heavy atom. The van der Waals surface area contributed by atoms with E-state index in [4.69, 9.17) is 9.47 Å². The summed E-state index contributed by atoms with van der Waals surface area (Å²) in [4.78, 5) is 12.1. The van der Waals surface area contributed by atoms with E-state index in [-0.39, 0.29) is 17.8 Å². The smallest absolute Gasteiger partial charge is 0.313 e. The lowest BCUT2D eigenvalue weighted by Gasteiger charge is -2.20. The first-order valence-corrected chi connectivity index (χ1v) is 7.05. The molecule has 1 aromatic carbocycles. The standard InChI is InChI=1S/C16H22O3/c1-4-18-16(17)15(11(2)3)12-6-5-7-14(10-12)19-13-8-9-13/h5-7,10-11,13,15H,4,8-9H2,1-3H3. The predicted molar refractivity (Wildman–Crippen MR) is 74.3 cm³/mol. The monoisotopic (exact) mass is 262 g/mol. The van der Waals surface area contributed by atoms with E-state index in [9.17, 15) is 4.79 Å². The average Bonchev–Trinajstić information content (AvgIpc) is 3.13. The van der Waals surface area contributed by atoms with Crippen molar-refractivity contribution in [2.45, 2.75) is 45.6 Å². The van der Waals surface area contributed by atoms with E-state index in [0.29, 0.717) is 12.7 Å². The molecule has 0 radical (unpaired) electrons. The predicted octanol–water partition coefficient (Wildman–Crippen LogP) is 3.53. The van der Waals surface area contributed by atoms with Gasteiger partial charge in [0.1, 0.15) is 5.75 Å². The summed E-state index contributed by atoms with van der Waals surface area (Å²) < 4.78 is 11.0. The van der Waals surface area contributed by atoms with Crippen molar-refractivity contribution < 1.29 is 14.3 Å². The third kappa shape index (κ3) is 3.72. The summed E-state index contributed by atoms with van der Waals surface area (Å²) in [6, 6.07) is 7.84. The normalized spacial score (nSPS) is 16.2. The highest BCUT2D eigenvalue weighted by atomic mass is 16.5. The van der Waals surface area contributed by atoms with E-state index < -0.39 is 0 Å². The Bertz CT molecular complexity index is 435. The minimum Gasteiger partial charge on any atom is -0.490 e.